The number of aromatic nitrogens is 2. The molecule has 4 heteroatoms. The molecule has 0 atom stereocenters. The Kier molecular flexibility index (Phi) is 2.69. The molecule has 4 nitrogen and oxygen atoms in total. The summed E-state index contributed by atoms with van der Waals surface area (Å²) in [5, 5.41) is 12.8. The van der Waals surface area contributed by atoms with Crippen molar-refractivity contribution in [3.05, 3.63) is 17.2 Å². The van der Waals surface area contributed by atoms with Crippen molar-refractivity contribution >= 4 is 0 Å². The van der Waals surface area contributed by atoms with Crippen LogP contribution in [-0.4, -0.2) is 20.7 Å². The fraction of sp³-hybridized carbons (Fsp3) is 0.750. The molecule has 2 heterocycles. The van der Waals surface area contributed by atoms with Crippen LogP contribution >= 0.6 is 0 Å². The van der Waals surface area contributed by atoms with E-state index in [0.717, 1.165) is 31.0 Å². The number of aliphatic hydroxyl groups is 1. The van der Waals surface area contributed by atoms with E-state index in [-0.39, 0.29) is 6.61 Å². The van der Waals surface area contributed by atoms with Gasteiger partial charge in [-0.3, -0.25) is 0 Å². The van der Waals surface area contributed by atoms with Crippen LogP contribution < -0.4 is 5.32 Å². The zero-order chi connectivity index (χ0) is 11.0. The quantitative estimate of drug-likeness (QED) is 0.796. The molecule has 0 spiro atoms. The van der Waals surface area contributed by atoms with Gasteiger partial charge in [0.1, 0.15) is 5.82 Å². The Morgan fingerprint density at radius 2 is 2.25 bits per heavy atom. The summed E-state index contributed by atoms with van der Waals surface area (Å²) in [5.74, 6) is 1.12. The molecule has 0 aromatic carbocycles. The van der Waals surface area contributed by atoms with Gasteiger partial charge in [0, 0.05) is 18.3 Å². The third-order valence-corrected chi connectivity index (χ3v) is 3.56. The van der Waals surface area contributed by atoms with Gasteiger partial charge >= 0.3 is 0 Å². The second-order valence-corrected chi connectivity index (χ2v) is 4.84. The highest BCUT2D eigenvalue weighted by molar-refractivity contribution is 5.18. The smallest absolute Gasteiger partial charge is 0.123 e. The molecule has 0 saturated heterocycles. The zero-order valence-corrected chi connectivity index (χ0v) is 9.58. The van der Waals surface area contributed by atoms with Crippen molar-refractivity contribution in [1.82, 2.24) is 14.9 Å². The average molecular weight is 221 g/mol. The van der Waals surface area contributed by atoms with Crippen molar-refractivity contribution in [3.8, 4) is 0 Å². The van der Waals surface area contributed by atoms with E-state index >= 15 is 0 Å². The Morgan fingerprint density at radius 1 is 1.38 bits per heavy atom. The summed E-state index contributed by atoms with van der Waals surface area (Å²) in [5.41, 5.74) is 2.16. The highest BCUT2D eigenvalue weighted by Crippen LogP contribution is 2.23. The summed E-state index contributed by atoms with van der Waals surface area (Å²) in [6, 6.07) is 0.717. The van der Waals surface area contributed by atoms with Gasteiger partial charge in [0.25, 0.3) is 0 Å². The van der Waals surface area contributed by atoms with E-state index in [9.17, 15) is 5.11 Å². The topological polar surface area (TPSA) is 50.1 Å². The lowest BCUT2D eigenvalue weighted by Crippen LogP contribution is -2.21. The van der Waals surface area contributed by atoms with Crippen molar-refractivity contribution in [1.29, 1.82) is 0 Å². The molecule has 3 rings (SSSR count). The van der Waals surface area contributed by atoms with Crippen molar-refractivity contribution in [2.75, 3.05) is 0 Å². The summed E-state index contributed by atoms with van der Waals surface area (Å²) >= 11 is 0. The Morgan fingerprint density at radius 3 is 3.00 bits per heavy atom. The molecular formula is C12H19N3O. The molecule has 1 aromatic heterocycles. The van der Waals surface area contributed by atoms with Gasteiger partial charge in [-0.2, -0.15) is 0 Å². The third kappa shape index (κ3) is 1.87. The van der Waals surface area contributed by atoms with Crippen LogP contribution in [0.4, 0.5) is 0 Å². The molecule has 1 aromatic rings. The van der Waals surface area contributed by atoms with Gasteiger partial charge in [-0.15, -0.1) is 0 Å². The van der Waals surface area contributed by atoms with E-state index < -0.39 is 0 Å². The first-order valence-corrected chi connectivity index (χ1v) is 6.30. The minimum atomic E-state index is 0.0821. The molecule has 1 aliphatic heterocycles. The lowest BCUT2D eigenvalue weighted by molar-refractivity contribution is 0.275. The van der Waals surface area contributed by atoms with Crippen LogP contribution in [0.1, 0.15) is 42.9 Å². The van der Waals surface area contributed by atoms with Crippen molar-refractivity contribution in [3.63, 3.8) is 0 Å². The Balaban J connectivity index is 1.81. The molecule has 2 N–H and O–H groups in total. The lowest BCUT2D eigenvalue weighted by Gasteiger charge is -2.17. The Labute approximate surface area is 95.7 Å². The van der Waals surface area contributed by atoms with Gasteiger partial charge in [-0.05, 0) is 32.1 Å². The summed E-state index contributed by atoms with van der Waals surface area (Å²) in [4.78, 5) is 4.56. The van der Waals surface area contributed by atoms with Crippen molar-refractivity contribution in [2.24, 2.45) is 0 Å². The normalized spacial score (nSPS) is 19.8. The van der Waals surface area contributed by atoms with Gasteiger partial charge in [0.05, 0.1) is 18.8 Å². The first kappa shape index (κ1) is 10.3. The maximum absolute atomic E-state index is 9.30. The van der Waals surface area contributed by atoms with Crippen molar-refractivity contribution in [2.45, 2.75) is 57.8 Å². The predicted molar refractivity (Wildman–Crippen MR) is 60.9 cm³/mol. The van der Waals surface area contributed by atoms with Gasteiger partial charge in [0.2, 0.25) is 0 Å². The largest absolute Gasteiger partial charge is 0.390 e. The molecular weight excluding hydrogens is 202 g/mol. The molecule has 0 unspecified atom stereocenters. The Hall–Kier alpha value is -0.870. The third-order valence-electron chi connectivity index (χ3n) is 3.56. The predicted octanol–water partition coefficient (Wildman–Crippen LogP) is 0.964. The zero-order valence-electron chi connectivity index (χ0n) is 9.58. The fourth-order valence-electron chi connectivity index (χ4n) is 2.48. The van der Waals surface area contributed by atoms with E-state index in [1.165, 1.54) is 31.4 Å². The highest BCUT2D eigenvalue weighted by Gasteiger charge is 2.23. The monoisotopic (exact) mass is 221 g/mol. The highest BCUT2D eigenvalue weighted by atomic mass is 16.3. The summed E-state index contributed by atoms with van der Waals surface area (Å²) in [7, 11) is 0. The minimum absolute atomic E-state index is 0.0821. The number of aliphatic hydroxyl groups excluding tert-OH is 1. The summed E-state index contributed by atoms with van der Waals surface area (Å²) in [6.45, 7) is 2.01. The van der Waals surface area contributed by atoms with Crippen LogP contribution in [0.3, 0.4) is 0 Å². The maximum Gasteiger partial charge on any atom is 0.123 e. The molecule has 1 fully saturated rings. The first-order chi connectivity index (χ1) is 7.88. The maximum atomic E-state index is 9.30. The van der Waals surface area contributed by atoms with Crippen LogP contribution in [0, 0.1) is 0 Å². The van der Waals surface area contributed by atoms with E-state index in [2.05, 4.69) is 14.9 Å². The molecule has 88 valence electrons. The van der Waals surface area contributed by atoms with Gasteiger partial charge in [-0.1, -0.05) is 0 Å². The lowest BCUT2D eigenvalue weighted by atomic mass is 10.1. The fourth-order valence-corrected chi connectivity index (χ4v) is 2.48. The second kappa shape index (κ2) is 4.18. The Bertz CT molecular complexity index is 382. The molecule has 1 saturated carbocycles. The van der Waals surface area contributed by atoms with Gasteiger partial charge < -0.3 is 15.0 Å². The van der Waals surface area contributed by atoms with Gasteiger partial charge in [-0.25, -0.2) is 4.98 Å². The number of rotatable bonds is 4. The summed E-state index contributed by atoms with van der Waals surface area (Å²) in [6.07, 6.45) is 6.16. The van der Waals surface area contributed by atoms with E-state index in [1.807, 2.05) is 0 Å². The average Bonchev–Trinajstić information content (AvgIpc) is 3.08. The van der Waals surface area contributed by atoms with E-state index in [0.29, 0.717) is 6.04 Å². The number of nitrogens with zero attached hydrogens (tertiary/aromatic N) is 2. The molecule has 0 radical (unpaired) electrons. The second-order valence-electron chi connectivity index (χ2n) is 4.84. The van der Waals surface area contributed by atoms with Crippen LogP contribution in [0.15, 0.2) is 0 Å². The first-order valence-electron chi connectivity index (χ1n) is 6.30. The standard InChI is InChI=1S/C12H19N3O/c16-8-10-11-3-1-2-6-15(11)12(14-10)7-13-9-4-5-9/h9,13,16H,1-8H2. The molecule has 0 amide bonds. The van der Waals surface area contributed by atoms with Crippen LogP contribution in [0.25, 0.3) is 0 Å². The number of hydrogen-bond donors (Lipinski definition) is 2. The molecule has 16 heavy (non-hydrogen) atoms. The van der Waals surface area contributed by atoms with Crippen molar-refractivity contribution < 1.29 is 5.11 Å². The molecule has 1 aliphatic carbocycles. The van der Waals surface area contributed by atoms with Crippen LogP contribution in [0.2, 0.25) is 0 Å². The number of hydrogen-bond acceptors (Lipinski definition) is 3. The number of imidazole rings is 1. The van der Waals surface area contributed by atoms with Crippen LogP contribution in [-0.2, 0) is 26.1 Å². The van der Waals surface area contributed by atoms with E-state index in [4.69, 9.17) is 0 Å². The van der Waals surface area contributed by atoms with E-state index in [1.54, 1.807) is 0 Å². The molecule has 2 aliphatic rings. The SMILES string of the molecule is OCc1nc(CNC2CC2)n2c1CCCC2. The summed E-state index contributed by atoms with van der Waals surface area (Å²) < 4.78 is 2.31. The van der Waals surface area contributed by atoms with Gasteiger partial charge in [0.15, 0.2) is 0 Å². The van der Waals surface area contributed by atoms with Crippen LogP contribution in [0.5, 0.6) is 0 Å². The minimum Gasteiger partial charge on any atom is -0.390 e. The number of nitrogens with one attached hydrogen (secondary N) is 1. The number of fused-ring (bicyclic) bond motifs is 1. The molecule has 0 bridgehead atoms.